The number of nitrogens with two attached hydrogens (primary N) is 3. The fourth-order valence-corrected chi connectivity index (χ4v) is 1.39. The molecule has 0 aliphatic heterocycles. The molecule has 0 saturated carbocycles. The van der Waals surface area contributed by atoms with Gasteiger partial charge >= 0.3 is 0 Å². The molecule has 7 N–H and O–H groups in total. The van der Waals surface area contributed by atoms with E-state index in [2.05, 4.69) is 35.2 Å². The van der Waals surface area contributed by atoms with E-state index in [-0.39, 0.29) is 5.96 Å². The number of aliphatic imine (C=N–C) groups is 1. The molecule has 1 aromatic heterocycles. The minimum absolute atomic E-state index is 0.0174. The van der Waals surface area contributed by atoms with Crippen molar-refractivity contribution in [1.82, 2.24) is 10.3 Å². The molecular weight excluding hydrogens is 288 g/mol. The average molecular weight is 323 g/mol. The van der Waals surface area contributed by atoms with E-state index in [1.807, 2.05) is 26.1 Å². The highest BCUT2D eigenvalue weighted by Crippen LogP contribution is 1.96. The van der Waals surface area contributed by atoms with Gasteiger partial charge in [-0.2, -0.15) is 4.99 Å². The molecule has 0 amide bonds. The van der Waals surface area contributed by atoms with Gasteiger partial charge in [0, 0.05) is 24.6 Å². The standard InChI is InChI=1S/C8H19N5.C7H9N.C2H6/c1-3-4-5-12-7(6(2)9)13-8(10)11;1-2-7-4-3-5-8-6-7;1-2/h12H,3-5,9H2,1-2H3,(H4,10,11,13);3-6H,2H2,1H3;1-2H3/b7-6-;;. The van der Waals surface area contributed by atoms with Crippen LogP contribution in [0, 0.1) is 0 Å². The number of unbranched alkanes of at least 4 members (excludes halogenated alkanes) is 1. The number of allylic oxidation sites excluding steroid dienone is 1. The summed E-state index contributed by atoms with van der Waals surface area (Å²) in [4.78, 5) is 7.82. The summed E-state index contributed by atoms with van der Waals surface area (Å²) in [6.45, 7) is 10.8. The van der Waals surface area contributed by atoms with Crippen LogP contribution in [0.25, 0.3) is 0 Å². The van der Waals surface area contributed by atoms with E-state index in [4.69, 9.17) is 17.2 Å². The SMILES string of the molecule is CC.CCCCN/C(N=C(N)N)=C(\C)N.CCc1cccnc1. The molecule has 0 spiro atoms. The van der Waals surface area contributed by atoms with Crippen molar-refractivity contribution < 1.29 is 0 Å². The van der Waals surface area contributed by atoms with Gasteiger partial charge in [-0.3, -0.25) is 4.98 Å². The fourth-order valence-electron chi connectivity index (χ4n) is 1.39. The highest BCUT2D eigenvalue weighted by Gasteiger charge is 1.96. The van der Waals surface area contributed by atoms with Crippen molar-refractivity contribution >= 4 is 5.96 Å². The lowest BCUT2D eigenvalue weighted by Gasteiger charge is -2.07. The van der Waals surface area contributed by atoms with Crippen molar-refractivity contribution in [3.63, 3.8) is 0 Å². The minimum atomic E-state index is 0.0174. The van der Waals surface area contributed by atoms with Gasteiger partial charge in [-0.05, 0) is 31.4 Å². The van der Waals surface area contributed by atoms with E-state index in [1.165, 1.54) is 5.56 Å². The maximum atomic E-state index is 5.57. The van der Waals surface area contributed by atoms with E-state index in [1.54, 1.807) is 13.1 Å². The average Bonchev–Trinajstić information content (AvgIpc) is 2.57. The number of nitrogens with one attached hydrogen (secondary N) is 1. The second kappa shape index (κ2) is 16.1. The van der Waals surface area contributed by atoms with Crippen LogP contribution in [0.2, 0.25) is 0 Å². The zero-order chi connectivity index (χ0) is 18.1. The van der Waals surface area contributed by atoms with Crippen molar-refractivity contribution in [2.24, 2.45) is 22.2 Å². The van der Waals surface area contributed by atoms with E-state index in [0.717, 1.165) is 25.8 Å². The van der Waals surface area contributed by atoms with E-state index < -0.39 is 0 Å². The smallest absolute Gasteiger partial charge is 0.192 e. The normalized spacial score (nSPS) is 10.1. The van der Waals surface area contributed by atoms with Gasteiger partial charge in [0.15, 0.2) is 5.96 Å². The van der Waals surface area contributed by atoms with E-state index in [0.29, 0.717) is 11.5 Å². The first-order valence-electron chi connectivity index (χ1n) is 8.19. The molecule has 0 fully saturated rings. The van der Waals surface area contributed by atoms with Crippen LogP contribution in [-0.4, -0.2) is 17.5 Å². The van der Waals surface area contributed by atoms with Crippen LogP contribution in [0.3, 0.4) is 0 Å². The summed E-state index contributed by atoms with van der Waals surface area (Å²) >= 11 is 0. The first kappa shape index (κ1) is 23.0. The van der Waals surface area contributed by atoms with Gasteiger partial charge in [-0.1, -0.05) is 40.2 Å². The molecule has 0 aromatic carbocycles. The molecule has 1 heterocycles. The third kappa shape index (κ3) is 14.5. The molecule has 1 aromatic rings. The lowest BCUT2D eigenvalue weighted by molar-refractivity contribution is 0.698. The molecule has 0 radical (unpaired) electrons. The molecule has 132 valence electrons. The summed E-state index contributed by atoms with van der Waals surface area (Å²) in [7, 11) is 0. The van der Waals surface area contributed by atoms with E-state index >= 15 is 0 Å². The maximum absolute atomic E-state index is 5.57. The zero-order valence-corrected chi connectivity index (χ0v) is 15.3. The third-order valence-corrected chi connectivity index (χ3v) is 2.57. The van der Waals surface area contributed by atoms with Crippen molar-refractivity contribution in [3.8, 4) is 0 Å². The number of aryl methyl sites for hydroxylation is 1. The Bertz CT molecular complexity index is 432. The predicted molar refractivity (Wildman–Crippen MR) is 101 cm³/mol. The van der Waals surface area contributed by atoms with Crippen LogP contribution in [0.5, 0.6) is 0 Å². The summed E-state index contributed by atoms with van der Waals surface area (Å²) in [6, 6.07) is 4.03. The molecule has 6 heteroatoms. The second-order valence-corrected chi connectivity index (χ2v) is 4.56. The lowest BCUT2D eigenvalue weighted by Crippen LogP contribution is -2.26. The fraction of sp³-hybridized carbons (Fsp3) is 0.529. The summed E-state index contributed by atoms with van der Waals surface area (Å²) in [6.07, 6.45) is 6.94. The Morgan fingerprint density at radius 3 is 2.22 bits per heavy atom. The Morgan fingerprint density at radius 2 is 1.87 bits per heavy atom. The van der Waals surface area contributed by atoms with Crippen LogP contribution in [0.15, 0.2) is 41.0 Å². The minimum Gasteiger partial charge on any atom is -0.399 e. The first-order chi connectivity index (χ1) is 11.0. The zero-order valence-electron chi connectivity index (χ0n) is 15.3. The largest absolute Gasteiger partial charge is 0.399 e. The van der Waals surface area contributed by atoms with Gasteiger partial charge in [0.05, 0.1) is 0 Å². The summed E-state index contributed by atoms with van der Waals surface area (Å²) in [5.41, 5.74) is 17.9. The maximum Gasteiger partial charge on any atom is 0.192 e. The molecule has 0 aliphatic rings. The third-order valence-electron chi connectivity index (χ3n) is 2.57. The number of nitrogens with zero attached hydrogens (tertiary/aromatic N) is 2. The number of aromatic nitrogens is 1. The second-order valence-electron chi connectivity index (χ2n) is 4.56. The predicted octanol–water partition coefficient (Wildman–Crippen LogP) is 2.47. The van der Waals surface area contributed by atoms with Gasteiger partial charge in [0.2, 0.25) is 0 Å². The molecule has 0 bridgehead atoms. The van der Waals surface area contributed by atoms with Crippen LogP contribution in [0.1, 0.15) is 53.0 Å². The summed E-state index contributed by atoms with van der Waals surface area (Å²) in [5, 5.41) is 3.06. The van der Waals surface area contributed by atoms with Gasteiger partial charge in [-0.25, -0.2) is 0 Å². The molecule has 0 aliphatic carbocycles. The first-order valence-corrected chi connectivity index (χ1v) is 8.19. The van der Waals surface area contributed by atoms with Crippen LogP contribution in [-0.2, 0) is 6.42 Å². The van der Waals surface area contributed by atoms with Gasteiger partial charge in [0.25, 0.3) is 0 Å². The Balaban J connectivity index is 0. The number of pyridine rings is 1. The molecule has 1 rings (SSSR count). The van der Waals surface area contributed by atoms with Crippen molar-refractivity contribution in [1.29, 1.82) is 0 Å². The van der Waals surface area contributed by atoms with Gasteiger partial charge < -0.3 is 22.5 Å². The molecule has 23 heavy (non-hydrogen) atoms. The van der Waals surface area contributed by atoms with E-state index in [9.17, 15) is 0 Å². The highest BCUT2D eigenvalue weighted by molar-refractivity contribution is 5.76. The molecular formula is C17H34N6. The Hall–Kier alpha value is -2.24. The number of guanidine groups is 1. The van der Waals surface area contributed by atoms with Gasteiger partial charge in [0.1, 0.15) is 5.82 Å². The van der Waals surface area contributed by atoms with Gasteiger partial charge in [-0.15, -0.1) is 0 Å². The van der Waals surface area contributed by atoms with Crippen molar-refractivity contribution in [2.45, 2.75) is 53.9 Å². The Morgan fingerprint density at radius 1 is 1.22 bits per heavy atom. The van der Waals surface area contributed by atoms with Crippen molar-refractivity contribution in [2.75, 3.05) is 6.54 Å². The highest BCUT2D eigenvalue weighted by atomic mass is 15.1. The van der Waals surface area contributed by atoms with Crippen LogP contribution < -0.4 is 22.5 Å². The molecule has 0 atom stereocenters. The monoisotopic (exact) mass is 322 g/mol. The lowest BCUT2D eigenvalue weighted by atomic mass is 10.2. The Labute approximate surface area is 141 Å². The summed E-state index contributed by atoms with van der Waals surface area (Å²) < 4.78 is 0. The topological polar surface area (TPSA) is 115 Å². The van der Waals surface area contributed by atoms with Crippen LogP contribution >= 0.6 is 0 Å². The molecule has 0 unspecified atom stereocenters. The Kier molecular flexibility index (Phi) is 16.2. The van der Waals surface area contributed by atoms with Crippen molar-refractivity contribution in [3.05, 3.63) is 41.6 Å². The molecule has 0 saturated heterocycles. The summed E-state index contributed by atoms with van der Waals surface area (Å²) in [5.74, 6) is 0.581. The number of hydrogen-bond donors (Lipinski definition) is 4. The number of rotatable bonds is 6. The quantitative estimate of drug-likeness (QED) is 0.365. The van der Waals surface area contributed by atoms with Crippen LogP contribution in [0.4, 0.5) is 0 Å². The number of hydrogen-bond acceptors (Lipinski definition) is 4. The molecule has 6 nitrogen and oxygen atoms in total.